The molecule has 0 aliphatic heterocycles. The topological polar surface area (TPSA) is 191 Å². The Morgan fingerprint density at radius 3 is 2.24 bits per heavy atom. The lowest BCUT2D eigenvalue weighted by Crippen LogP contribution is -2.52. The van der Waals surface area contributed by atoms with Crippen LogP contribution in [0.25, 0.3) is 0 Å². The number of hydrogen-bond acceptors (Lipinski definition) is 8. The van der Waals surface area contributed by atoms with Crippen molar-refractivity contribution in [1.82, 2.24) is 10.6 Å². The fourth-order valence-corrected chi connectivity index (χ4v) is 3.59. The number of carboxylic acids is 1. The van der Waals surface area contributed by atoms with E-state index >= 15 is 0 Å². The Hall–Kier alpha value is -3.54. The zero-order valence-electron chi connectivity index (χ0n) is 22.5. The first kappa shape index (κ1) is 32.5. The molecule has 12 heteroatoms. The van der Waals surface area contributed by atoms with Gasteiger partial charge in [-0.1, -0.05) is 52.2 Å². The van der Waals surface area contributed by atoms with Crippen molar-refractivity contribution in [3.63, 3.8) is 0 Å². The Labute approximate surface area is 222 Å². The number of rotatable bonds is 17. The third-order valence-corrected chi connectivity index (χ3v) is 6.32. The van der Waals surface area contributed by atoms with Crippen molar-refractivity contribution in [3.05, 3.63) is 39.9 Å². The molecule has 2 amide bonds. The number of nitrogens with zero attached hydrogens (tertiary/aromatic N) is 1. The van der Waals surface area contributed by atoms with E-state index in [-0.39, 0.29) is 24.4 Å². The predicted octanol–water partition coefficient (Wildman–Crippen LogP) is 2.47. The number of aliphatic carboxylic acids is 1. The molecular weight excluding hydrogens is 496 g/mol. The number of carboxylic acid groups (broad SMARTS) is 1. The molecule has 0 saturated carbocycles. The molecule has 0 radical (unpaired) electrons. The lowest BCUT2D eigenvalue weighted by atomic mass is 10.00. The van der Waals surface area contributed by atoms with Gasteiger partial charge in [0.05, 0.1) is 11.3 Å². The molecule has 0 spiro atoms. The Balaban J connectivity index is 3.03. The number of carbonyl (C=O) groups excluding carboxylic acids is 3. The van der Waals surface area contributed by atoms with Gasteiger partial charge in [0.1, 0.15) is 24.2 Å². The van der Waals surface area contributed by atoms with Crippen LogP contribution in [0.2, 0.25) is 0 Å². The van der Waals surface area contributed by atoms with Crippen LogP contribution in [0.1, 0.15) is 71.8 Å². The summed E-state index contributed by atoms with van der Waals surface area (Å²) in [5, 5.41) is 25.0. The number of non-ortho nitro benzene ring substituents is 1. The molecule has 0 saturated heterocycles. The summed E-state index contributed by atoms with van der Waals surface area (Å²) in [5.74, 6) is -3.24. The minimum atomic E-state index is -1.25. The summed E-state index contributed by atoms with van der Waals surface area (Å²) in [6, 6.07) is 2.26. The summed E-state index contributed by atoms with van der Waals surface area (Å²) in [4.78, 5) is 60.0. The van der Waals surface area contributed by atoms with Gasteiger partial charge < -0.3 is 26.2 Å². The molecule has 0 aliphatic rings. The number of unbranched alkanes of at least 4 members (excludes halogenated alkanes) is 2. The maximum atomic E-state index is 13.0. The van der Waals surface area contributed by atoms with Gasteiger partial charge in [0, 0.05) is 18.6 Å². The quantitative estimate of drug-likeness (QED) is 0.100. The molecule has 0 aliphatic carbocycles. The number of carbonyl (C=O) groups is 4. The zero-order chi connectivity index (χ0) is 28.8. The molecule has 38 heavy (non-hydrogen) atoms. The van der Waals surface area contributed by atoms with E-state index in [0.29, 0.717) is 18.4 Å². The maximum absolute atomic E-state index is 13.0. The molecule has 0 heterocycles. The van der Waals surface area contributed by atoms with Crippen molar-refractivity contribution in [1.29, 1.82) is 0 Å². The van der Waals surface area contributed by atoms with E-state index in [1.165, 1.54) is 31.2 Å². The van der Waals surface area contributed by atoms with Crippen LogP contribution in [0.5, 0.6) is 0 Å². The van der Waals surface area contributed by atoms with Gasteiger partial charge >= 0.3 is 11.9 Å². The van der Waals surface area contributed by atoms with E-state index in [9.17, 15) is 29.3 Å². The van der Waals surface area contributed by atoms with Crippen LogP contribution < -0.4 is 16.4 Å². The molecule has 12 nitrogen and oxygen atoms in total. The van der Waals surface area contributed by atoms with Gasteiger partial charge in [-0.05, 0) is 31.2 Å². The van der Waals surface area contributed by atoms with Gasteiger partial charge in [-0.15, -0.1) is 0 Å². The van der Waals surface area contributed by atoms with Crippen molar-refractivity contribution >= 4 is 29.4 Å². The average Bonchev–Trinajstić information content (AvgIpc) is 2.87. The normalized spacial score (nSPS) is 14.9. The van der Waals surface area contributed by atoms with Crippen molar-refractivity contribution < 1.29 is 33.9 Å². The van der Waals surface area contributed by atoms with Crippen LogP contribution in [-0.4, -0.2) is 58.0 Å². The van der Waals surface area contributed by atoms with Gasteiger partial charge in [0.2, 0.25) is 11.8 Å². The van der Waals surface area contributed by atoms with E-state index in [0.717, 1.165) is 19.3 Å². The highest BCUT2D eigenvalue weighted by Crippen LogP contribution is 2.16. The van der Waals surface area contributed by atoms with E-state index < -0.39 is 52.9 Å². The van der Waals surface area contributed by atoms with Crippen molar-refractivity contribution in [3.8, 4) is 0 Å². The van der Waals surface area contributed by atoms with Crippen LogP contribution in [0.4, 0.5) is 5.69 Å². The Morgan fingerprint density at radius 1 is 1.08 bits per heavy atom. The third kappa shape index (κ3) is 11.2. The molecule has 5 atom stereocenters. The fraction of sp³-hybridized carbons (Fsp3) is 0.615. The zero-order valence-corrected chi connectivity index (χ0v) is 22.5. The Morgan fingerprint density at radius 2 is 1.71 bits per heavy atom. The number of nitrogens with one attached hydrogen (secondary N) is 2. The number of nitrogens with two attached hydrogens (primary N) is 1. The molecule has 0 unspecified atom stereocenters. The highest BCUT2D eigenvalue weighted by atomic mass is 16.6. The lowest BCUT2D eigenvalue weighted by molar-refractivity contribution is -0.384. The van der Waals surface area contributed by atoms with Crippen molar-refractivity contribution in [2.24, 2.45) is 11.7 Å². The molecule has 212 valence electrons. The lowest BCUT2D eigenvalue weighted by Gasteiger charge is -2.24. The molecule has 1 aromatic rings. The third-order valence-electron chi connectivity index (χ3n) is 6.32. The van der Waals surface area contributed by atoms with E-state index in [1.54, 1.807) is 0 Å². The first-order valence-corrected chi connectivity index (χ1v) is 12.9. The van der Waals surface area contributed by atoms with Crippen LogP contribution >= 0.6 is 0 Å². The molecular formula is C26H40N4O8. The average molecular weight is 537 g/mol. The second-order valence-electron chi connectivity index (χ2n) is 9.49. The van der Waals surface area contributed by atoms with Gasteiger partial charge in [0.15, 0.2) is 0 Å². The number of esters is 1. The molecule has 0 fully saturated rings. The largest absolute Gasteiger partial charge is 0.480 e. The summed E-state index contributed by atoms with van der Waals surface area (Å²) >= 11 is 0. The number of nitro benzene ring substituents is 1. The number of nitro groups is 1. The molecule has 0 bridgehead atoms. The van der Waals surface area contributed by atoms with Crippen LogP contribution in [0.15, 0.2) is 24.3 Å². The molecule has 1 rings (SSSR count). The number of amides is 2. The second-order valence-corrected chi connectivity index (χ2v) is 9.49. The SMILES string of the molecule is CCCCC[C@H](CC(=O)N[C@@H](Cc1ccc([N+](=O)[O-])cc1)C(=O)N[C@@H](C)C(=O)O)OC(=O)[C@H](N)[C@@H](C)CC. The minimum Gasteiger partial charge on any atom is -0.480 e. The first-order valence-electron chi connectivity index (χ1n) is 12.9. The monoisotopic (exact) mass is 536 g/mol. The van der Waals surface area contributed by atoms with Gasteiger partial charge in [-0.25, -0.2) is 0 Å². The summed E-state index contributed by atoms with van der Waals surface area (Å²) in [7, 11) is 0. The molecule has 5 N–H and O–H groups in total. The Kier molecular flexibility index (Phi) is 14.0. The predicted molar refractivity (Wildman–Crippen MR) is 140 cm³/mol. The highest BCUT2D eigenvalue weighted by Gasteiger charge is 2.28. The molecule has 1 aromatic carbocycles. The Bertz CT molecular complexity index is 953. The van der Waals surface area contributed by atoms with Crippen LogP contribution in [0, 0.1) is 16.0 Å². The van der Waals surface area contributed by atoms with Crippen LogP contribution in [0.3, 0.4) is 0 Å². The van der Waals surface area contributed by atoms with Crippen molar-refractivity contribution in [2.75, 3.05) is 0 Å². The van der Waals surface area contributed by atoms with Gasteiger partial charge in [-0.2, -0.15) is 0 Å². The molecule has 0 aromatic heterocycles. The maximum Gasteiger partial charge on any atom is 0.325 e. The number of hydrogen-bond donors (Lipinski definition) is 4. The summed E-state index contributed by atoms with van der Waals surface area (Å²) in [6.07, 6.45) is 2.67. The minimum absolute atomic E-state index is 0.0406. The standard InChI is InChI=1S/C26H40N4O8/c1-5-7-8-9-20(38-26(35)23(27)16(3)6-2)15-22(31)29-21(24(32)28-17(4)25(33)34)14-18-10-12-19(13-11-18)30(36)37/h10-13,16-17,20-21,23H,5-9,14-15,27H2,1-4H3,(H,28,32)(H,29,31)(H,33,34)/t16-,17-,20+,21-,23+/m0/s1. The van der Waals surface area contributed by atoms with E-state index in [1.807, 2.05) is 20.8 Å². The fourth-order valence-electron chi connectivity index (χ4n) is 3.59. The smallest absolute Gasteiger partial charge is 0.325 e. The van der Waals surface area contributed by atoms with Crippen LogP contribution in [-0.2, 0) is 30.3 Å². The second kappa shape index (κ2) is 16.3. The van der Waals surface area contributed by atoms with Gasteiger partial charge in [-0.3, -0.25) is 29.3 Å². The first-order chi connectivity index (χ1) is 17.9. The highest BCUT2D eigenvalue weighted by molar-refractivity contribution is 5.90. The summed E-state index contributed by atoms with van der Waals surface area (Å²) < 4.78 is 5.58. The van der Waals surface area contributed by atoms with Crippen molar-refractivity contribution in [2.45, 2.75) is 96.9 Å². The summed E-state index contributed by atoms with van der Waals surface area (Å²) in [6.45, 7) is 7.05. The van der Waals surface area contributed by atoms with E-state index in [4.69, 9.17) is 15.6 Å². The number of benzene rings is 1. The van der Waals surface area contributed by atoms with Gasteiger partial charge in [0.25, 0.3) is 5.69 Å². The number of ether oxygens (including phenoxy) is 1. The van der Waals surface area contributed by atoms with E-state index in [2.05, 4.69) is 10.6 Å². The summed E-state index contributed by atoms with van der Waals surface area (Å²) in [5.41, 5.74) is 6.38.